The fourth-order valence-electron chi connectivity index (χ4n) is 3.63. The Morgan fingerprint density at radius 1 is 1.26 bits per heavy atom. The summed E-state index contributed by atoms with van der Waals surface area (Å²) in [5.74, 6) is 1.10. The number of hydrogen-bond donors (Lipinski definition) is 1. The Morgan fingerprint density at radius 2 is 2.09 bits per heavy atom. The van der Waals surface area contributed by atoms with E-state index < -0.39 is 0 Å². The highest BCUT2D eigenvalue weighted by Crippen LogP contribution is 2.33. The Balaban J connectivity index is 1.82. The molecule has 0 spiro atoms. The number of pyridine rings is 1. The van der Waals surface area contributed by atoms with Gasteiger partial charge < -0.3 is 9.88 Å². The van der Waals surface area contributed by atoms with Gasteiger partial charge in [0, 0.05) is 30.4 Å². The van der Waals surface area contributed by atoms with Crippen molar-refractivity contribution < 1.29 is 0 Å². The van der Waals surface area contributed by atoms with Crippen molar-refractivity contribution in [1.82, 2.24) is 9.97 Å². The number of nitrogens with one attached hydrogen (secondary N) is 1. The molecule has 0 atom stereocenters. The molecule has 0 aliphatic carbocycles. The molecule has 0 amide bonds. The number of benzene rings is 1. The molecule has 0 unspecified atom stereocenters. The zero-order chi connectivity index (χ0) is 15.8. The van der Waals surface area contributed by atoms with Gasteiger partial charge in [-0.15, -0.1) is 6.58 Å². The lowest BCUT2D eigenvalue weighted by Crippen LogP contribution is -2.31. The maximum Gasteiger partial charge on any atom is 0.138 e. The lowest BCUT2D eigenvalue weighted by atomic mass is 9.99. The molecule has 23 heavy (non-hydrogen) atoms. The molecule has 0 radical (unpaired) electrons. The highest BCUT2D eigenvalue weighted by atomic mass is 15.2. The van der Waals surface area contributed by atoms with E-state index in [1.54, 1.807) is 0 Å². The van der Waals surface area contributed by atoms with Gasteiger partial charge in [-0.1, -0.05) is 30.3 Å². The summed E-state index contributed by atoms with van der Waals surface area (Å²) in [5, 5.41) is 1.25. The number of H-pyrrole nitrogens is 1. The first kappa shape index (κ1) is 14.1. The molecule has 0 fully saturated rings. The molecule has 0 bridgehead atoms. The maximum atomic E-state index is 4.73. The lowest BCUT2D eigenvalue weighted by molar-refractivity contribution is 0.724. The molecule has 1 aliphatic rings. The summed E-state index contributed by atoms with van der Waals surface area (Å²) in [6, 6.07) is 10.8. The van der Waals surface area contributed by atoms with E-state index in [4.69, 9.17) is 4.98 Å². The minimum absolute atomic E-state index is 0.870. The molecule has 116 valence electrons. The second-order valence-electron chi connectivity index (χ2n) is 6.22. The van der Waals surface area contributed by atoms with Crippen LogP contribution in [-0.4, -0.2) is 16.5 Å². The van der Waals surface area contributed by atoms with Crippen LogP contribution in [0.3, 0.4) is 0 Å². The molecule has 0 saturated heterocycles. The standard InChI is InChI=1S/C20H21N3/c1-3-6-17-14(2)22-18-9-11-21-20(19(17)18)23-12-10-15-7-4-5-8-16(15)13-23/h3-5,7-9,11,22H,1,6,10,12-13H2,2H3. The quantitative estimate of drug-likeness (QED) is 0.737. The van der Waals surface area contributed by atoms with Crippen molar-refractivity contribution in [2.24, 2.45) is 0 Å². The summed E-state index contributed by atoms with van der Waals surface area (Å²) in [6.45, 7) is 7.99. The third kappa shape index (κ3) is 2.33. The molecule has 3 nitrogen and oxygen atoms in total. The van der Waals surface area contributed by atoms with Crippen molar-refractivity contribution in [2.45, 2.75) is 26.3 Å². The number of fused-ring (bicyclic) bond motifs is 2. The van der Waals surface area contributed by atoms with Crippen LogP contribution in [-0.2, 0) is 19.4 Å². The summed E-state index contributed by atoms with van der Waals surface area (Å²) in [6.07, 6.45) is 5.83. The Kier molecular flexibility index (Phi) is 3.41. The van der Waals surface area contributed by atoms with Gasteiger partial charge >= 0.3 is 0 Å². The third-order valence-electron chi connectivity index (χ3n) is 4.79. The van der Waals surface area contributed by atoms with Gasteiger partial charge in [0.05, 0.1) is 5.52 Å². The predicted octanol–water partition coefficient (Wildman–Crippen LogP) is 4.16. The molecular weight excluding hydrogens is 282 g/mol. The minimum atomic E-state index is 0.870. The average molecular weight is 303 g/mol. The second-order valence-corrected chi connectivity index (χ2v) is 6.22. The van der Waals surface area contributed by atoms with E-state index in [1.165, 1.54) is 33.3 Å². The Morgan fingerprint density at radius 3 is 2.91 bits per heavy atom. The zero-order valence-electron chi connectivity index (χ0n) is 13.5. The van der Waals surface area contributed by atoms with Crippen molar-refractivity contribution in [2.75, 3.05) is 11.4 Å². The predicted molar refractivity (Wildman–Crippen MR) is 95.9 cm³/mol. The molecule has 3 heterocycles. The van der Waals surface area contributed by atoms with Gasteiger partial charge in [-0.05, 0) is 42.5 Å². The molecule has 0 saturated carbocycles. The summed E-state index contributed by atoms with van der Waals surface area (Å²) >= 11 is 0. The lowest BCUT2D eigenvalue weighted by Gasteiger charge is -2.30. The third-order valence-corrected chi connectivity index (χ3v) is 4.79. The van der Waals surface area contributed by atoms with E-state index in [2.05, 4.69) is 53.7 Å². The van der Waals surface area contributed by atoms with Crippen LogP contribution in [0.5, 0.6) is 0 Å². The van der Waals surface area contributed by atoms with Crippen LogP contribution in [0.15, 0.2) is 49.2 Å². The normalized spacial score (nSPS) is 14.0. The van der Waals surface area contributed by atoms with E-state index in [-0.39, 0.29) is 0 Å². The van der Waals surface area contributed by atoms with Crippen molar-refractivity contribution in [3.63, 3.8) is 0 Å². The molecule has 1 aromatic carbocycles. The van der Waals surface area contributed by atoms with Crippen LogP contribution >= 0.6 is 0 Å². The highest BCUT2D eigenvalue weighted by molar-refractivity contribution is 5.94. The van der Waals surface area contributed by atoms with E-state index in [9.17, 15) is 0 Å². The monoisotopic (exact) mass is 303 g/mol. The number of hydrogen-bond acceptors (Lipinski definition) is 2. The van der Waals surface area contributed by atoms with E-state index in [0.717, 1.165) is 31.7 Å². The van der Waals surface area contributed by atoms with Gasteiger partial charge in [-0.3, -0.25) is 0 Å². The van der Waals surface area contributed by atoms with Crippen LogP contribution < -0.4 is 4.90 Å². The SMILES string of the molecule is C=CCc1c(C)[nH]c2ccnc(N3CCc4ccccc4C3)c12. The summed E-state index contributed by atoms with van der Waals surface area (Å²) in [4.78, 5) is 10.6. The Bertz CT molecular complexity index is 876. The topological polar surface area (TPSA) is 31.9 Å². The van der Waals surface area contributed by atoms with Gasteiger partial charge in [0.1, 0.15) is 5.82 Å². The Hall–Kier alpha value is -2.55. The van der Waals surface area contributed by atoms with Crippen LogP contribution in [0.25, 0.3) is 10.9 Å². The van der Waals surface area contributed by atoms with Gasteiger partial charge in [-0.2, -0.15) is 0 Å². The van der Waals surface area contributed by atoms with E-state index in [0.29, 0.717) is 0 Å². The smallest absolute Gasteiger partial charge is 0.138 e. The number of nitrogens with zero attached hydrogens (tertiary/aromatic N) is 2. The number of anilines is 1. The summed E-state index contributed by atoms with van der Waals surface area (Å²) in [5.41, 5.74) is 6.58. The maximum absolute atomic E-state index is 4.73. The second kappa shape index (κ2) is 5.58. The molecule has 1 aliphatic heterocycles. The molecule has 2 aromatic heterocycles. The fourth-order valence-corrected chi connectivity index (χ4v) is 3.63. The van der Waals surface area contributed by atoms with Crippen molar-refractivity contribution in [3.8, 4) is 0 Å². The fraction of sp³-hybridized carbons (Fsp3) is 0.250. The molecular formula is C20H21N3. The average Bonchev–Trinajstić information content (AvgIpc) is 2.90. The Labute approximate surface area is 136 Å². The van der Waals surface area contributed by atoms with Crippen LogP contribution in [0.1, 0.15) is 22.4 Å². The van der Waals surface area contributed by atoms with Gasteiger partial charge in [0.15, 0.2) is 0 Å². The van der Waals surface area contributed by atoms with Gasteiger partial charge in [0.2, 0.25) is 0 Å². The number of allylic oxidation sites excluding steroid dienone is 1. The molecule has 3 aromatic rings. The van der Waals surface area contributed by atoms with Gasteiger partial charge in [0.25, 0.3) is 0 Å². The molecule has 4 rings (SSSR count). The van der Waals surface area contributed by atoms with Crippen molar-refractivity contribution in [3.05, 3.63) is 71.6 Å². The van der Waals surface area contributed by atoms with Crippen LogP contribution in [0.2, 0.25) is 0 Å². The van der Waals surface area contributed by atoms with Crippen LogP contribution in [0, 0.1) is 6.92 Å². The first-order chi connectivity index (χ1) is 11.3. The largest absolute Gasteiger partial charge is 0.358 e. The zero-order valence-corrected chi connectivity index (χ0v) is 13.5. The first-order valence-electron chi connectivity index (χ1n) is 8.16. The van der Waals surface area contributed by atoms with Gasteiger partial charge in [-0.25, -0.2) is 4.98 Å². The van der Waals surface area contributed by atoms with E-state index >= 15 is 0 Å². The van der Waals surface area contributed by atoms with Crippen LogP contribution in [0.4, 0.5) is 5.82 Å². The molecule has 1 N–H and O–H groups in total. The highest BCUT2D eigenvalue weighted by Gasteiger charge is 2.21. The molecule has 3 heteroatoms. The number of aromatic nitrogens is 2. The summed E-state index contributed by atoms with van der Waals surface area (Å²) < 4.78 is 0. The number of aryl methyl sites for hydroxylation is 1. The number of rotatable bonds is 3. The van der Waals surface area contributed by atoms with E-state index in [1.807, 2.05) is 12.3 Å². The summed E-state index contributed by atoms with van der Waals surface area (Å²) in [7, 11) is 0. The number of aromatic amines is 1. The van der Waals surface area contributed by atoms with Crippen molar-refractivity contribution >= 4 is 16.7 Å². The minimum Gasteiger partial charge on any atom is -0.358 e. The van der Waals surface area contributed by atoms with Crippen molar-refractivity contribution in [1.29, 1.82) is 0 Å². The first-order valence-corrected chi connectivity index (χ1v) is 8.16.